The van der Waals surface area contributed by atoms with Crippen LogP contribution in [0.1, 0.15) is 83.7 Å². The molecule has 1 N–H and O–H groups in total. The molecule has 0 unspecified atom stereocenters. The molecule has 2 bridgehead atoms. The summed E-state index contributed by atoms with van der Waals surface area (Å²) in [6, 6.07) is 4.20. The summed E-state index contributed by atoms with van der Waals surface area (Å²) in [5.74, 6) is 0.919. The maximum atomic E-state index is 14.2. The van der Waals surface area contributed by atoms with Crippen LogP contribution in [0, 0.1) is 17.8 Å². The van der Waals surface area contributed by atoms with Gasteiger partial charge in [0.1, 0.15) is 35.5 Å². The summed E-state index contributed by atoms with van der Waals surface area (Å²) in [6.07, 6.45) is 10.2. The van der Waals surface area contributed by atoms with Crippen molar-refractivity contribution in [3.8, 4) is 11.6 Å². The van der Waals surface area contributed by atoms with Crippen LogP contribution in [0.4, 0.5) is 4.79 Å². The number of hydrogen-bond donors (Lipinski definition) is 1. The van der Waals surface area contributed by atoms with Crippen molar-refractivity contribution < 1.29 is 28.6 Å². The molecular weight excluding hydrogens is 548 g/mol. The number of nitrogens with one attached hydrogen (secondary N) is 1. The summed E-state index contributed by atoms with van der Waals surface area (Å²) in [6.45, 7) is 4.15. The van der Waals surface area contributed by atoms with Crippen molar-refractivity contribution in [2.24, 2.45) is 17.8 Å². The van der Waals surface area contributed by atoms with E-state index in [0.717, 1.165) is 81.7 Å². The van der Waals surface area contributed by atoms with Crippen LogP contribution in [-0.4, -0.2) is 70.6 Å². The van der Waals surface area contributed by atoms with Gasteiger partial charge in [-0.15, -0.1) is 0 Å². The van der Waals surface area contributed by atoms with Gasteiger partial charge in [-0.05, 0) is 63.5 Å². The average Bonchev–Trinajstić information content (AvgIpc) is 3.53. The van der Waals surface area contributed by atoms with E-state index >= 15 is 0 Å². The number of aryl methyl sites for hydroxylation is 1. The zero-order chi connectivity index (χ0) is 30.1. The molecule has 1 aromatic carbocycles. The number of fused-ring (bicyclic) bond motifs is 5. The molecule has 3 heterocycles. The normalized spacial score (nSPS) is 32.3. The van der Waals surface area contributed by atoms with Crippen LogP contribution in [0.15, 0.2) is 18.2 Å². The second-order valence-electron chi connectivity index (χ2n) is 13.2. The maximum Gasteiger partial charge on any atom is 0.408 e. The summed E-state index contributed by atoms with van der Waals surface area (Å²) < 4.78 is 17.9. The Labute approximate surface area is 253 Å². The fraction of sp³-hybridized carbons (Fsp3) is 0.667. The third-order valence-corrected chi connectivity index (χ3v) is 10.3. The van der Waals surface area contributed by atoms with Gasteiger partial charge in [-0.3, -0.25) is 4.79 Å². The molecule has 2 aliphatic heterocycles. The van der Waals surface area contributed by atoms with Gasteiger partial charge < -0.3 is 29.2 Å². The Bertz CT molecular complexity index is 1360. The number of carbonyl (C=O) groups excluding carboxylic acids is 3. The number of alkyl carbamates (subject to hydrolysis) is 1. The van der Waals surface area contributed by atoms with E-state index in [0.29, 0.717) is 29.5 Å². The first-order valence-electron chi connectivity index (χ1n) is 16.1. The fourth-order valence-electron chi connectivity index (χ4n) is 7.36. The van der Waals surface area contributed by atoms with E-state index < -0.39 is 29.9 Å². The molecule has 1 aromatic heterocycles. The zero-order valence-electron chi connectivity index (χ0n) is 25.5. The summed E-state index contributed by atoms with van der Waals surface area (Å²) in [5.41, 5.74) is 1.72. The number of methoxy groups -OCH3 is 1. The van der Waals surface area contributed by atoms with Gasteiger partial charge >= 0.3 is 6.09 Å². The Morgan fingerprint density at radius 1 is 1.05 bits per heavy atom. The van der Waals surface area contributed by atoms with Crippen LogP contribution in [0.3, 0.4) is 0 Å². The van der Waals surface area contributed by atoms with Crippen molar-refractivity contribution in [3.63, 3.8) is 0 Å². The summed E-state index contributed by atoms with van der Waals surface area (Å²) >= 11 is 0. The molecule has 4 aliphatic rings. The molecule has 0 spiro atoms. The summed E-state index contributed by atoms with van der Waals surface area (Å²) in [7, 11) is 1.62. The van der Waals surface area contributed by atoms with Gasteiger partial charge in [0.15, 0.2) is 0 Å². The highest BCUT2D eigenvalue weighted by atomic mass is 16.6. The molecule has 2 aromatic rings. The lowest BCUT2D eigenvalue weighted by atomic mass is 9.83. The van der Waals surface area contributed by atoms with E-state index in [1.807, 2.05) is 32.0 Å². The monoisotopic (exact) mass is 592 g/mol. The van der Waals surface area contributed by atoms with Crippen molar-refractivity contribution >= 4 is 29.3 Å². The smallest absolute Gasteiger partial charge is 0.408 e. The summed E-state index contributed by atoms with van der Waals surface area (Å²) in [5, 5.41) is 2.97. The van der Waals surface area contributed by atoms with Crippen LogP contribution in [0.5, 0.6) is 11.6 Å². The Kier molecular flexibility index (Phi) is 8.47. The van der Waals surface area contributed by atoms with Crippen molar-refractivity contribution in [1.82, 2.24) is 20.2 Å². The fourth-order valence-corrected chi connectivity index (χ4v) is 7.36. The minimum atomic E-state index is -0.746. The molecule has 2 saturated carbocycles. The lowest BCUT2D eigenvalue weighted by molar-refractivity contribution is -0.138. The SMILES string of the molecule is COc1ccc2nc3c(nc2c1)O[C@H]1CN(C(=O)[C@H](C2CCCCC2)NC(=O)O[C@]2(C)C[C@H]2CCCCC3)[C@H](C=O)[C@@H]1C. The molecule has 2 amide bonds. The first kappa shape index (κ1) is 29.6. The second-order valence-corrected chi connectivity index (χ2v) is 13.2. The molecule has 10 heteroatoms. The van der Waals surface area contributed by atoms with Crippen LogP contribution < -0.4 is 14.8 Å². The van der Waals surface area contributed by atoms with Gasteiger partial charge in [0.05, 0.1) is 30.7 Å². The molecule has 2 aliphatic carbocycles. The minimum absolute atomic E-state index is 0.00211. The number of nitrogens with zero attached hydrogens (tertiary/aromatic N) is 3. The molecule has 6 atom stereocenters. The Balaban J connectivity index is 1.33. The second kappa shape index (κ2) is 12.3. The van der Waals surface area contributed by atoms with E-state index in [9.17, 15) is 14.4 Å². The van der Waals surface area contributed by atoms with E-state index in [1.54, 1.807) is 12.0 Å². The molecular formula is C33H44N4O6. The van der Waals surface area contributed by atoms with Crippen molar-refractivity contribution in [2.75, 3.05) is 13.7 Å². The highest BCUT2D eigenvalue weighted by Crippen LogP contribution is 2.49. The van der Waals surface area contributed by atoms with E-state index in [1.165, 1.54) is 0 Å². The molecule has 1 saturated heterocycles. The number of aldehydes is 1. The number of amides is 2. The number of carbonyl (C=O) groups is 3. The molecule has 3 fully saturated rings. The average molecular weight is 593 g/mol. The lowest BCUT2D eigenvalue weighted by Crippen LogP contribution is -2.55. The topological polar surface area (TPSA) is 120 Å². The summed E-state index contributed by atoms with van der Waals surface area (Å²) in [4.78, 5) is 51.3. The first-order valence-corrected chi connectivity index (χ1v) is 16.1. The largest absolute Gasteiger partial charge is 0.497 e. The third-order valence-electron chi connectivity index (χ3n) is 10.3. The van der Waals surface area contributed by atoms with Crippen LogP contribution in [0.25, 0.3) is 11.0 Å². The van der Waals surface area contributed by atoms with Crippen molar-refractivity contribution in [3.05, 3.63) is 23.9 Å². The maximum absolute atomic E-state index is 14.2. The number of rotatable bonds is 3. The molecule has 232 valence electrons. The van der Waals surface area contributed by atoms with E-state index in [2.05, 4.69) is 5.32 Å². The number of benzene rings is 1. The Morgan fingerprint density at radius 2 is 1.81 bits per heavy atom. The predicted molar refractivity (Wildman–Crippen MR) is 160 cm³/mol. The van der Waals surface area contributed by atoms with Crippen LogP contribution in [-0.2, 0) is 20.7 Å². The predicted octanol–water partition coefficient (Wildman–Crippen LogP) is 5.00. The van der Waals surface area contributed by atoms with Gasteiger partial charge in [0, 0.05) is 17.9 Å². The van der Waals surface area contributed by atoms with Gasteiger partial charge in [0.2, 0.25) is 11.8 Å². The Morgan fingerprint density at radius 3 is 2.58 bits per heavy atom. The van der Waals surface area contributed by atoms with Crippen LogP contribution >= 0.6 is 0 Å². The molecule has 0 radical (unpaired) electrons. The number of ether oxygens (including phenoxy) is 3. The third kappa shape index (κ3) is 6.15. The Hall–Kier alpha value is -3.43. The van der Waals surface area contributed by atoms with Crippen molar-refractivity contribution in [1.29, 1.82) is 0 Å². The van der Waals surface area contributed by atoms with E-state index in [4.69, 9.17) is 24.2 Å². The first-order chi connectivity index (χ1) is 20.8. The molecule has 43 heavy (non-hydrogen) atoms. The zero-order valence-corrected chi connectivity index (χ0v) is 25.5. The molecule has 6 rings (SSSR count). The van der Waals surface area contributed by atoms with Gasteiger partial charge in [0.25, 0.3) is 0 Å². The van der Waals surface area contributed by atoms with Crippen molar-refractivity contribution in [2.45, 2.75) is 108 Å². The quantitative estimate of drug-likeness (QED) is 0.495. The van der Waals surface area contributed by atoms with Gasteiger partial charge in [-0.2, -0.15) is 0 Å². The lowest BCUT2D eigenvalue weighted by Gasteiger charge is -2.34. The minimum Gasteiger partial charge on any atom is -0.497 e. The highest BCUT2D eigenvalue weighted by Gasteiger charge is 2.54. The highest BCUT2D eigenvalue weighted by molar-refractivity contribution is 5.88. The van der Waals surface area contributed by atoms with E-state index in [-0.39, 0.29) is 24.3 Å². The standard InChI is InChI=1S/C33H44N4O6/c1-20-27(19-38)37-18-28(20)42-30-25(34-24-15-14-23(41-3)16-26(24)35-30)13-9-5-8-12-22-17-33(22,2)43-32(40)36-29(31(37)39)21-10-6-4-7-11-21/h14-16,19-22,27-29H,4-13,17-18H2,1-3H3,(H,36,40)/t20-,22+,27+,28-,29-,33+/m0/s1. The van der Waals surface area contributed by atoms with Gasteiger partial charge in [-0.25, -0.2) is 14.8 Å². The van der Waals surface area contributed by atoms with Crippen LogP contribution in [0.2, 0.25) is 0 Å². The van der Waals surface area contributed by atoms with Gasteiger partial charge in [-0.1, -0.05) is 39.0 Å². The molecule has 10 nitrogen and oxygen atoms in total. The number of hydrogen-bond acceptors (Lipinski definition) is 8. The number of aromatic nitrogens is 2.